The maximum atomic E-state index is 13.3. The standard InChI is InChI=1S/C23H24N2O5S/c1-15-13-25(14-30-23(27)16-6-3-2-4-7-16)22(26)19-8-5-9-20(21(15)19)31(28,29)18-11-10-17(24)12-18/h2-9,13,17-18H,10-12,14,24H2,1H3/t17-,18?/m1/s1. The number of nitrogens with two attached hydrogens (primary N) is 1. The Labute approximate surface area is 180 Å². The van der Waals surface area contributed by atoms with Crippen LogP contribution in [0, 0.1) is 6.92 Å². The summed E-state index contributed by atoms with van der Waals surface area (Å²) in [5, 5.41) is 0.152. The minimum Gasteiger partial charge on any atom is -0.440 e. The lowest BCUT2D eigenvalue weighted by atomic mass is 10.1. The quantitative estimate of drug-likeness (QED) is 0.611. The maximum Gasteiger partial charge on any atom is 0.339 e. The molecular formula is C23H24N2O5S. The SMILES string of the molecule is Cc1cn(COC(=O)c2ccccc2)c(=O)c2cccc(S(=O)(=O)C3CC[C@@H](N)C3)c12. The first kappa shape index (κ1) is 21.3. The van der Waals surface area contributed by atoms with Gasteiger partial charge in [-0.2, -0.15) is 0 Å². The molecular weight excluding hydrogens is 416 g/mol. The van der Waals surface area contributed by atoms with Gasteiger partial charge in [0, 0.05) is 23.0 Å². The summed E-state index contributed by atoms with van der Waals surface area (Å²) < 4.78 is 33.1. The van der Waals surface area contributed by atoms with Crippen LogP contribution in [-0.2, 0) is 21.3 Å². The van der Waals surface area contributed by atoms with E-state index in [1.807, 2.05) is 0 Å². The van der Waals surface area contributed by atoms with E-state index in [-0.39, 0.29) is 23.1 Å². The van der Waals surface area contributed by atoms with Gasteiger partial charge in [-0.25, -0.2) is 13.2 Å². The predicted octanol–water partition coefficient (Wildman–Crippen LogP) is 2.78. The molecule has 0 bridgehead atoms. The smallest absolute Gasteiger partial charge is 0.339 e. The Balaban J connectivity index is 1.70. The molecule has 0 radical (unpaired) electrons. The summed E-state index contributed by atoms with van der Waals surface area (Å²) in [6, 6.07) is 13.1. The number of carbonyl (C=O) groups is 1. The molecule has 0 aliphatic heterocycles. The number of rotatable bonds is 5. The first-order valence-electron chi connectivity index (χ1n) is 10.1. The Hall–Kier alpha value is -2.97. The van der Waals surface area contributed by atoms with Crippen molar-refractivity contribution in [3.05, 3.63) is 76.2 Å². The summed E-state index contributed by atoms with van der Waals surface area (Å²) >= 11 is 0. The number of aryl methyl sites for hydroxylation is 1. The Morgan fingerprint density at radius 2 is 1.87 bits per heavy atom. The summed E-state index contributed by atoms with van der Waals surface area (Å²) in [5.74, 6) is -0.542. The molecule has 0 saturated heterocycles. The van der Waals surface area contributed by atoms with Crippen molar-refractivity contribution < 1.29 is 17.9 Å². The summed E-state index contributed by atoms with van der Waals surface area (Å²) in [4.78, 5) is 25.4. The molecule has 3 aromatic rings. The molecule has 1 fully saturated rings. The molecule has 162 valence electrons. The predicted molar refractivity (Wildman–Crippen MR) is 118 cm³/mol. The molecule has 8 heteroatoms. The highest BCUT2D eigenvalue weighted by atomic mass is 32.2. The van der Waals surface area contributed by atoms with E-state index >= 15 is 0 Å². The van der Waals surface area contributed by atoms with Crippen molar-refractivity contribution in [1.29, 1.82) is 0 Å². The van der Waals surface area contributed by atoms with Crippen LogP contribution >= 0.6 is 0 Å². The molecule has 7 nitrogen and oxygen atoms in total. The van der Waals surface area contributed by atoms with Gasteiger partial charge in [-0.1, -0.05) is 24.3 Å². The molecule has 1 aliphatic carbocycles. The topological polar surface area (TPSA) is 108 Å². The van der Waals surface area contributed by atoms with Gasteiger partial charge in [0.2, 0.25) is 0 Å². The average molecular weight is 441 g/mol. The van der Waals surface area contributed by atoms with Crippen molar-refractivity contribution in [2.45, 2.75) is 49.1 Å². The Morgan fingerprint density at radius 3 is 2.55 bits per heavy atom. The number of sulfone groups is 1. The van der Waals surface area contributed by atoms with Gasteiger partial charge in [-0.15, -0.1) is 0 Å². The summed E-state index contributed by atoms with van der Waals surface area (Å²) in [5.41, 5.74) is 6.51. The van der Waals surface area contributed by atoms with Crippen LogP contribution in [0.5, 0.6) is 0 Å². The minimum absolute atomic E-state index is 0.118. The number of aromatic nitrogens is 1. The number of nitrogens with zero attached hydrogens (tertiary/aromatic N) is 1. The molecule has 1 unspecified atom stereocenters. The van der Waals surface area contributed by atoms with Gasteiger partial charge in [-0.05, 0) is 56.0 Å². The number of pyridine rings is 1. The van der Waals surface area contributed by atoms with Crippen LogP contribution in [0.2, 0.25) is 0 Å². The lowest BCUT2D eigenvalue weighted by Gasteiger charge is -2.16. The zero-order valence-electron chi connectivity index (χ0n) is 17.2. The van der Waals surface area contributed by atoms with E-state index in [2.05, 4.69) is 0 Å². The van der Waals surface area contributed by atoms with Gasteiger partial charge in [0.25, 0.3) is 5.56 Å². The van der Waals surface area contributed by atoms with Crippen LogP contribution in [0.4, 0.5) is 0 Å². The first-order valence-corrected chi connectivity index (χ1v) is 11.7. The second kappa shape index (κ2) is 8.28. The molecule has 2 N–H and O–H groups in total. The molecule has 0 spiro atoms. The van der Waals surface area contributed by atoms with E-state index in [1.165, 1.54) is 10.8 Å². The van der Waals surface area contributed by atoms with Crippen molar-refractivity contribution in [2.24, 2.45) is 5.73 Å². The Morgan fingerprint density at radius 1 is 1.13 bits per heavy atom. The number of carbonyl (C=O) groups excluding carboxylic acids is 1. The van der Waals surface area contributed by atoms with Gasteiger partial charge in [-0.3, -0.25) is 9.36 Å². The van der Waals surface area contributed by atoms with Crippen LogP contribution in [0.15, 0.2) is 64.4 Å². The van der Waals surface area contributed by atoms with Gasteiger partial charge in [0.05, 0.1) is 15.7 Å². The third-order valence-corrected chi connectivity index (χ3v) is 8.04. The van der Waals surface area contributed by atoms with Crippen LogP contribution < -0.4 is 11.3 Å². The van der Waals surface area contributed by atoms with Gasteiger partial charge in [0.15, 0.2) is 16.6 Å². The number of benzene rings is 2. The number of hydrogen-bond donors (Lipinski definition) is 1. The van der Waals surface area contributed by atoms with Gasteiger partial charge in [0.1, 0.15) is 0 Å². The Bertz CT molecular complexity index is 1300. The largest absolute Gasteiger partial charge is 0.440 e. The molecule has 1 aromatic heterocycles. The third kappa shape index (κ3) is 4.00. The summed E-state index contributed by atoms with van der Waals surface area (Å²) in [6.45, 7) is 1.48. The highest BCUT2D eigenvalue weighted by Gasteiger charge is 2.35. The van der Waals surface area contributed by atoms with E-state index in [9.17, 15) is 18.0 Å². The van der Waals surface area contributed by atoms with Crippen molar-refractivity contribution in [1.82, 2.24) is 4.57 Å². The number of hydrogen-bond acceptors (Lipinski definition) is 6. The second-order valence-electron chi connectivity index (χ2n) is 7.93. The number of esters is 1. The maximum absolute atomic E-state index is 13.3. The summed E-state index contributed by atoms with van der Waals surface area (Å²) in [7, 11) is -3.63. The van der Waals surface area contributed by atoms with Crippen molar-refractivity contribution in [3.8, 4) is 0 Å². The fourth-order valence-electron chi connectivity index (χ4n) is 4.18. The van der Waals surface area contributed by atoms with E-state index < -0.39 is 26.6 Å². The van der Waals surface area contributed by atoms with Gasteiger partial charge < -0.3 is 10.5 Å². The van der Waals surface area contributed by atoms with Crippen molar-refractivity contribution >= 4 is 26.6 Å². The van der Waals surface area contributed by atoms with E-state index in [4.69, 9.17) is 10.5 Å². The minimum atomic E-state index is -3.63. The number of fused-ring (bicyclic) bond motifs is 1. The fourth-order valence-corrected chi connectivity index (χ4v) is 6.31. The van der Waals surface area contributed by atoms with Gasteiger partial charge >= 0.3 is 5.97 Å². The molecule has 1 saturated carbocycles. The van der Waals surface area contributed by atoms with E-state index in [0.29, 0.717) is 35.8 Å². The molecule has 0 amide bonds. The van der Waals surface area contributed by atoms with E-state index in [0.717, 1.165) is 0 Å². The summed E-state index contributed by atoms with van der Waals surface area (Å²) in [6.07, 6.45) is 3.14. The second-order valence-corrected chi connectivity index (χ2v) is 10.1. The monoisotopic (exact) mass is 440 g/mol. The van der Waals surface area contributed by atoms with E-state index in [1.54, 1.807) is 55.5 Å². The zero-order valence-corrected chi connectivity index (χ0v) is 18.0. The van der Waals surface area contributed by atoms with Crippen molar-refractivity contribution in [3.63, 3.8) is 0 Å². The van der Waals surface area contributed by atoms with Crippen LogP contribution in [-0.4, -0.2) is 30.2 Å². The van der Waals surface area contributed by atoms with Crippen LogP contribution in [0.3, 0.4) is 0 Å². The van der Waals surface area contributed by atoms with Crippen LogP contribution in [0.25, 0.3) is 10.8 Å². The first-order chi connectivity index (χ1) is 14.8. The highest BCUT2D eigenvalue weighted by Crippen LogP contribution is 2.33. The molecule has 2 atom stereocenters. The van der Waals surface area contributed by atoms with Crippen molar-refractivity contribution in [2.75, 3.05) is 0 Å². The fraction of sp³-hybridized carbons (Fsp3) is 0.304. The molecule has 2 aromatic carbocycles. The normalized spacial score (nSPS) is 18.9. The van der Waals surface area contributed by atoms with Crippen LogP contribution in [0.1, 0.15) is 35.2 Å². The zero-order chi connectivity index (χ0) is 22.2. The molecule has 31 heavy (non-hydrogen) atoms. The lowest BCUT2D eigenvalue weighted by Crippen LogP contribution is -2.25. The molecule has 4 rings (SSSR count). The lowest BCUT2D eigenvalue weighted by molar-refractivity contribution is 0.0366. The number of ether oxygens (including phenoxy) is 1. The molecule has 1 heterocycles. The highest BCUT2D eigenvalue weighted by molar-refractivity contribution is 7.92. The Kier molecular flexibility index (Phi) is 5.68. The average Bonchev–Trinajstić information content (AvgIpc) is 3.22. The molecule has 1 aliphatic rings. The third-order valence-electron chi connectivity index (χ3n) is 5.78.